The molecule has 0 saturated heterocycles. The Morgan fingerprint density at radius 3 is 2.74 bits per heavy atom. The molecule has 0 aliphatic rings. The molecule has 0 saturated carbocycles. The third kappa shape index (κ3) is 4.70. The minimum atomic E-state index is -0.443. The Labute approximate surface area is 138 Å². The summed E-state index contributed by atoms with van der Waals surface area (Å²) in [6.45, 7) is 0.969. The van der Waals surface area contributed by atoms with Crippen LogP contribution in [0.1, 0.15) is 22.3 Å². The third-order valence-electron chi connectivity index (χ3n) is 3.16. The van der Waals surface area contributed by atoms with E-state index in [1.807, 2.05) is 0 Å². The number of carbonyl (C=O) groups excluding carboxylic acids is 1. The highest BCUT2D eigenvalue weighted by Gasteiger charge is 2.07. The van der Waals surface area contributed by atoms with Crippen molar-refractivity contribution in [1.82, 2.24) is 5.32 Å². The van der Waals surface area contributed by atoms with Crippen molar-refractivity contribution in [3.63, 3.8) is 0 Å². The van der Waals surface area contributed by atoms with E-state index < -0.39 is 5.82 Å². The minimum Gasteiger partial charge on any atom is -0.383 e. The summed E-state index contributed by atoms with van der Waals surface area (Å²) in [5, 5.41) is 15.3. The summed E-state index contributed by atoms with van der Waals surface area (Å²) in [4.78, 5) is 11.8. The van der Waals surface area contributed by atoms with Gasteiger partial charge in [0.1, 0.15) is 11.9 Å². The topological polar surface area (TPSA) is 64.9 Å². The predicted octanol–water partition coefficient (Wildman–Crippen LogP) is 3.58. The van der Waals surface area contributed by atoms with Crippen LogP contribution in [0.25, 0.3) is 0 Å². The highest BCUT2D eigenvalue weighted by molar-refractivity contribution is 6.33. The fourth-order valence-electron chi connectivity index (χ4n) is 2.03. The molecule has 23 heavy (non-hydrogen) atoms. The van der Waals surface area contributed by atoms with Crippen molar-refractivity contribution in [1.29, 1.82) is 5.26 Å². The molecule has 4 nitrogen and oxygen atoms in total. The number of nitrogens with one attached hydrogen (secondary N) is 2. The summed E-state index contributed by atoms with van der Waals surface area (Å²) in [6, 6.07) is 12.7. The summed E-state index contributed by atoms with van der Waals surface area (Å²) < 4.78 is 13.0. The molecule has 2 aromatic rings. The lowest BCUT2D eigenvalue weighted by molar-refractivity contribution is 0.0953. The lowest BCUT2D eigenvalue weighted by Crippen LogP contribution is -2.26. The quantitative estimate of drug-likeness (QED) is 0.795. The van der Waals surface area contributed by atoms with Gasteiger partial charge in [0.15, 0.2) is 0 Å². The molecule has 2 rings (SSSR count). The molecule has 0 bridgehead atoms. The van der Waals surface area contributed by atoms with Crippen LogP contribution in [0.4, 0.5) is 10.1 Å². The number of nitriles is 1. The third-order valence-corrected chi connectivity index (χ3v) is 3.48. The number of anilines is 1. The Bertz CT molecular complexity index is 743. The van der Waals surface area contributed by atoms with E-state index in [1.165, 1.54) is 18.2 Å². The van der Waals surface area contributed by atoms with Gasteiger partial charge in [-0.05, 0) is 36.8 Å². The van der Waals surface area contributed by atoms with Gasteiger partial charge in [0.2, 0.25) is 0 Å². The van der Waals surface area contributed by atoms with Crippen LogP contribution in [0.2, 0.25) is 5.02 Å². The van der Waals surface area contributed by atoms with Gasteiger partial charge in [-0.25, -0.2) is 4.39 Å². The van der Waals surface area contributed by atoms with Crippen molar-refractivity contribution < 1.29 is 9.18 Å². The first-order chi connectivity index (χ1) is 11.1. The molecule has 2 N–H and O–H groups in total. The van der Waals surface area contributed by atoms with Crippen LogP contribution in [0.3, 0.4) is 0 Å². The predicted molar refractivity (Wildman–Crippen MR) is 88.0 cm³/mol. The second-order valence-corrected chi connectivity index (χ2v) is 5.23. The zero-order valence-electron chi connectivity index (χ0n) is 12.3. The first-order valence-corrected chi connectivity index (χ1v) is 7.46. The van der Waals surface area contributed by atoms with E-state index in [0.29, 0.717) is 35.8 Å². The number of hydrogen-bond acceptors (Lipinski definition) is 3. The average molecular weight is 332 g/mol. The van der Waals surface area contributed by atoms with E-state index in [1.54, 1.807) is 24.3 Å². The van der Waals surface area contributed by atoms with Gasteiger partial charge in [0.25, 0.3) is 5.91 Å². The van der Waals surface area contributed by atoms with Gasteiger partial charge in [-0.3, -0.25) is 4.79 Å². The van der Waals surface area contributed by atoms with Crippen LogP contribution in [-0.4, -0.2) is 19.0 Å². The number of halogens is 2. The number of benzene rings is 2. The Balaban J connectivity index is 1.79. The fraction of sp³-hybridized carbons (Fsp3) is 0.176. The largest absolute Gasteiger partial charge is 0.383 e. The molecule has 1 amide bonds. The van der Waals surface area contributed by atoms with Crippen LogP contribution < -0.4 is 10.6 Å². The Kier molecular flexibility index (Phi) is 5.95. The number of nitrogens with zero attached hydrogens (tertiary/aromatic N) is 1. The van der Waals surface area contributed by atoms with Crippen molar-refractivity contribution in [2.24, 2.45) is 0 Å². The molecule has 6 heteroatoms. The number of carbonyl (C=O) groups is 1. The molecule has 0 aliphatic carbocycles. The Morgan fingerprint density at radius 2 is 2.00 bits per heavy atom. The second kappa shape index (κ2) is 8.16. The Morgan fingerprint density at radius 1 is 1.22 bits per heavy atom. The van der Waals surface area contributed by atoms with Crippen LogP contribution in [-0.2, 0) is 0 Å². The molecule has 2 aromatic carbocycles. The van der Waals surface area contributed by atoms with Crippen molar-refractivity contribution in [2.45, 2.75) is 6.42 Å². The molecule has 0 unspecified atom stereocenters. The standard InChI is InChI=1S/C17H15ClFN3O/c18-15-7-2-5-13(11-20)16(15)21-8-3-9-22-17(23)12-4-1-6-14(19)10-12/h1-2,4-7,10,21H,3,8-9H2,(H,22,23). The van der Waals surface area contributed by atoms with Gasteiger partial charge in [-0.2, -0.15) is 5.26 Å². The first-order valence-electron chi connectivity index (χ1n) is 7.08. The lowest BCUT2D eigenvalue weighted by Gasteiger charge is -2.10. The van der Waals surface area contributed by atoms with E-state index in [-0.39, 0.29) is 11.5 Å². The van der Waals surface area contributed by atoms with E-state index in [4.69, 9.17) is 16.9 Å². The smallest absolute Gasteiger partial charge is 0.251 e. The second-order valence-electron chi connectivity index (χ2n) is 4.82. The van der Waals surface area contributed by atoms with Crippen molar-refractivity contribution in [2.75, 3.05) is 18.4 Å². The molecule has 0 heterocycles. The van der Waals surface area contributed by atoms with E-state index in [9.17, 15) is 9.18 Å². The highest BCUT2D eigenvalue weighted by Crippen LogP contribution is 2.25. The molecular weight excluding hydrogens is 317 g/mol. The minimum absolute atomic E-state index is 0.288. The maximum atomic E-state index is 13.0. The summed E-state index contributed by atoms with van der Waals surface area (Å²) >= 11 is 6.05. The van der Waals surface area contributed by atoms with Gasteiger partial charge in [-0.15, -0.1) is 0 Å². The number of amides is 1. The van der Waals surface area contributed by atoms with Crippen LogP contribution in [0, 0.1) is 17.1 Å². The fourth-order valence-corrected chi connectivity index (χ4v) is 2.27. The lowest BCUT2D eigenvalue weighted by atomic mass is 10.2. The molecule has 118 valence electrons. The van der Waals surface area contributed by atoms with Gasteiger partial charge >= 0.3 is 0 Å². The zero-order valence-corrected chi connectivity index (χ0v) is 13.0. The van der Waals surface area contributed by atoms with Crippen molar-refractivity contribution in [3.8, 4) is 6.07 Å². The normalized spacial score (nSPS) is 9.96. The molecule has 0 aliphatic heterocycles. The van der Waals surface area contributed by atoms with Crippen molar-refractivity contribution >= 4 is 23.2 Å². The molecular formula is C17H15ClFN3O. The van der Waals surface area contributed by atoms with Gasteiger partial charge in [0.05, 0.1) is 16.3 Å². The number of rotatable bonds is 6. The average Bonchev–Trinajstić information content (AvgIpc) is 2.55. The molecule has 0 aromatic heterocycles. The number of para-hydroxylation sites is 1. The van der Waals surface area contributed by atoms with Gasteiger partial charge < -0.3 is 10.6 Å². The maximum Gasteiger partial charge on any atom is 0.251 e. The summed E-state index contributed by atoms with van der Waals surface area (Å²) in [5.74, 6) is -0.762. The monoisotopic (exact) mass is 331 g/mol. The van der Waals surface area contributed by atoms with Crippen LogP contribution in [0.15, 0.2) is 42.5 Å². The van der Waals surface area contributed by atoms with E-state index in [2.05, 4.69) is 16.7 Å². The Hall–Kier alpha value is -2.58. The molecule has 0 radical (unpaired) electrons. The molecule has 0 fully saturated rings. The van der Waals surface area contributed by atoms with E-state index in [0.717, 1.165) is 0 Å². The number of hydrogen-bond donors (Lipinski definition) is 2. The summed E-state index contributed by atoms with van der Waals surface area (Å²) in [5.41, 5.74) is 1.35. The van der Waals surface area contributed by atoms with E-state index >= 15 is 0 Å². The van der Waals surface area contributed by atoms with Crippen LogP contribution in [0.5, 0.6) is 0 Å². The van der Waals surface area contributed by atoms with Crippen LogP contribution >= 0.6 is 11.6 Å². The first kappa shape index (κ1) is 16.8. The van der Waals surface area contributed by atoms with Gasteiger partial charge in [0, 0.05) is 18.7 Å². The molecule has 0 atom stereocenters. The van der Waals surface area contributed by atoms with Crippen molar-refractivity contribution in [3.05, 3.63) is 64.4 Å². The SMILES string of the molecule is N#Cc1cccc(Cl)c1NCCCNC(=O)c1cccc(F)c1. The highest BCUT2D eigenvalue weighted by atomic mass is 35.5. The van der Waals surface area contributed by atoms with Gasteiger partial charge in [-0.1, -0.05) is 23.7 Å². The zero-order chi connectivity index (χ0) is 16.7. The maximum absolute atomic E-state index is 13.0. The summed E-state index contributed by atoms with van der Waals surface area (Å²) in [6.07, 6.45) is 0.636. The summed E-state index contributed by atoms with van der Waals surface area (Å²) in [7, 11) is 0. The molecule has 0 spiro atoms.